The predicted molar refractivity (Wildman–Crippen MR) is 66.6 cm³/mol. The second-order valence-electron chi connectivity index (χ2n) is 3.91. The minimum absolute atomic E-state index is 0.168. The number of hydrogen-bond donors (Lipinski definition) is 2. The maximum atomic E-state index is 11.5. The summed E-state index contributed by atoms with van der Waals surface area (Å²) in [5.41, 5.74) is 0. The summed E-state index contributed by atoms with van der Waals surface area (Å²) >= 11 is 1.79. The van der Waals surface area contributed by atoms with Crippen molar-refractivity contribution >= 4 is 23.6 Å². The highest BCUT2D eigenvalue weighted by Gasteiger charge is 2.25. The van der Waals surface area contributed by atoms with Gasteiger partial charge in [-0.05, 0) is 24.9 Å². The van der Waals surface area contributed by atoms with Gasteiger partial charge in [-0.3, -0.25) is 9.59 Å². The van der Waals surface area contributed by atoms with Crippen LogP contribution in [0.3, 0.4) is 0 Å². The van der Waals surface area contributed by atoms with E-state index in [2.05, 4.69) is 11.6 Å². The molecule has 0 saturated heterocycles. The SMILES string of the molecule is CSCCCCNC(=O)C(C)C(C)C(=O)O. The summed E-state index contributed by atoms with van der Waals surface area (Å²) in [6.45, 7) is 3.84. The summed E-state index contributed by atoms with van der Waals surface area (Å²) in [7, 11) is 0. The Kier molecular flexibility index (Phi) is 8.07. The molecule has 94 valence electrons. The summed E-state index contributed by atoms with van der Waals surface area (Å²) in [4.78, 5) is 22.2. The summed E-state index contributed by atoms with van der Waals surface area (Å²) in [6, 6.07) is 0. The molecular formula is C11H21NO3S. The van der Waals surface area contributed by atoms with E-state index in [9.17, 15) is 9.59 Å². The number of nitrogens with one attached hydrogen (secondary N) is 1. The molecule has 0 aromatic carbocycles. The normalized spacial score (nSPS) is 14.2. The number of aliphatic carboxylic acids is 1. The first-order chi connectivity index (χ1) is 7.50. The van der Waals surface area contributed by atoms with Gasteiger partial charge in [-0.2, -0.15) is 11.8 Å². The van der Waals surface area contributed by atoms with E-state index in [1.807, 2.05) is 0 Å². The molecule has 2 N–H and O–H groups in total. The number of carboxylic acid groups (broad SMARTS) is 1. The molecule has 0 aliphatic heterocycles. The van der Waals surface area contributed by atoms with E-state index in [4.69, 9.17) is 5.11 Å². The number of rotatable bonds is 8. The fraction of sp³-hybridized carbons (Fsp3) is 0.818. The molecular weight excluding hydrogens is 226 g/mol. The first kappa shape index (κ1) is 15.3. The van der Waals surface area contributed by atoms with Gasteiger partial charge < -0.3 is 10.4 Å². The molecule has 2 unspecified atom stereocenters. The first-order valence-corrected chi connectivity index (χ1v) is 6.89. The molecule has 5 heteroatoms. The lowest BCUT2D eigenvalue weighted by molar-refractivity contribution is -0.146. The van der Waals surface area contributed by atoms with E-state index in [-0.39, 0.29) is 5.91 Å². The molecule has 0 aromatic rings. The number of carbonyl (C=O) groups excluding carboxylic acids is 1. The molecule has 0 spiro atoms. The molecule has 0 heterocycles. The fourth-order valence-electron chi connectivity index (χ4n) is 1.18. The number of unbranched alkanes of at least 4 members (excludes halogenated alkanes) is 1. The second kappa shape index (κ2) is 8.44. The average Bonchev–Trinajstić information content (AvgIpc) is 2.26. The van der Waals surface area contributed by atoms with Crippen LogP contribution in [0.2, 0.25) is 0 Å². The number of carbonyl (C=O) groups is 2. The topological polar surface area (TPSA) is 66.4 Å². The molecule has 16 heavy (non-hydrogen) atoms. The Morgan fingerprint density at radius 2 is 1.88 bits per heavy atom. The molecule has 0 fully saturated rings. The Bertz CT molecular complexity index is 233. The van der Waals surface area contributed by atoms with Crippen molar-refractivity contribution in [3.63, 3.8) is 0 Å². The van der Waals surface area contributed by atoms with Crippen LogP contribution in [-0.2, 0) is 9.59 Å². The van der Waals surface area contributed by atoms with Gasteiger partial charge in [0, 0.05) is 12.5 Å². The first-order valence-electron chi connectivity index (χ1n) is 5.50. The molecule has 0 bridgehead atoms. The zero-order chi connectivity index (χ0) is 12.6. The molecule has 1 amide bonds. The van der Waals surface area contributed by atoms with Gasteiger partial charge in [-0.25, -0.2) is 0 Å². The highest BCUT2D eigenvalue weighted by Crippen LogP contribution is 2.10. The highest BCUT2D eigenvalue weighted by molar-refractivity contribution is 7.98. The smallest absolute Gasteiger partial charge is 0.307 e. The monoisotopic (exact) mass is 247 g/mol. The zero-order valence-corrected chi connectivity index (χ0v) is 11.0. The van der Waals surface area contributed by atoms with Crippen LogP contribution in [0.25, 0.3) is 0 Å². The lowest BCUT2D eigenvalue weighted by Crippen LogP contribution is -2.35. The van der Waals surface area contributed by atoms with E-state index in [1.165, 1.54) is 0 Å². The molecule has 0 rings (SSSR count). The molecule has 0 radical (unpaired) electrons. The van der Waals surface area contributed by atoms with E-state index in [0.717, 1.165) is 18.6 Å². The van der Waals surface area contributed by atoms with Gasteiger partial charge in [-0.1, -0.05) is 13.8 Å². The third kappa shape index (κ3) is 6.00. The van der Waals surface area contributed by atoms with Gasteiger partial charge >= 0.3 is 5.97 Å². The Morgan fingerprint density at radius 3 is 2.38 bits per heavy atom. The summed E-state index contributed by atoms with van der Waals surface area (Å²) in [5, 5.41) is 11.5. The van der Waals surface area contributed by atoms with Crippen LogP contribution in [0.1, 0.15) is 26.7 Å². The van der Waals surface area contributed by atoms with Crippen LogP contribution in [0.5, 0.6) is 0 Å². The van der Waals surface area contributed by atoms with Crippen molar-refractivity contribution in [2.24, 2.45) is 11.8 Å². The average molecular weight is 247 g/mol. The van der Waals surface area contributed by atoms with E-state index < -0.39 is 17.8 Å². The Labute approximate surface area is 101 Å². The van der Waals surface area contributed by atoms with Crippen LogP contribution < -0.4 is 5.32 Å². The molecule has 0 aliphatic carbocycles. The van der Waals surface area contributed by atoms with Gasteiger partial charge in [-0.15, -0.1) is 0 Å². The lowest BCUT2D eigenvalue weighted by Gasteiger charge is -2.15. The van der Waals surface area contributed by atoms with Gasteiger partial charge in [0.05, 0.1) is 5.92 Å². The van der Waals surface area contributed by atoms with E-state index in [0.29, 0.717) is 6.54 Å². The van der Waals surface area contributed by atoms with Crippen molar-refractivity contribution in [1.29, 1.82) is 0 Å². The van der Waals surface area contributed by atoms with Crippen LogP contribution in [0, 0.1) is 11.8 Å². The van der Waals surface area contributed by atoms with Crippen LogP contribution >= 0.6 is 11.8 Å². The third-order valence-corrected chi connectivity index (χ3v) is 3.32. The van der Waals surface area contributed by atoms with Crippen molar-refractivity contribution in [1.82, 2.24) is 5.32 Å². The molecule has 0 saturated carbocycles. The lowest BCUT2D eigenvalue weighted by atomic mass is 9.95. The largest absolute Gasteiger partial charge is 0.481 e. The maximum Gasteiger partial charge on any atom is 0.307 e. The second-order valence-corrected chi connectivity index (χ2v) is 4.89. The summed E-state index contributed by atoms with van der Waals surface area (Å²) in [5.74, 6) is -1.11. The van der Waals surface area contributed by atoms with Crippen LogP contribution in [-0.4, -0.2) is 35.5 Å². The molecule has 0 aliphatic rings. The van der Waals surface area contributed by atoms with Crippen molar-refractivity contribution < 1.29 is 14.7 Å². The third-order valence-electron chi connectivity index (χ3n) is 2.63. The standard InChI is InChI=1S/C11H21NO3S/c1-8(9(2)11(14)15)10(13)12-6-4-5-7-16-3/h8-9H,4-7H2,1-3H3,(H,12,13)(H,14,15). The van der Waals surface area contributed by atoms with Gasteiger partial charge in [0.15, 0.2) is 0 Å². The van der Waals surface area contributed by atoms with Crippen molar-refractivity contribution in [2.75, 3.05) is 18.6 Å². The molecule has 2 atom stereocenters. The Hall–Kier alpha value is -0.710. The number of amides is 1. The Morgan fingerprint density at radius 1 is 1.25 bits per heavy atom. The number of carboxylic acids is 1. The van der Waals surface area contributed by atoms with Crippen molar-refractivity contribution in [3.8, 4) is 0 Å². The summed E-state index contributed by atoms with van der Waals surface area (Å²) in [6.07, 6.45) is 4.07. The number of hydrogen-bond acceptors (Lipinski definition) is 3. The van der Waals surface area contributed by atoms with Gasteiger partial charge in [0.1, 0.15) is 0 Å². The fourth-order valence-corrected chi connectivity index (χ4v) is 1.68. The predicted octanol–water partition coefficient (Wildman–Crippen LogP) is 1.60. The minimum atomic E-state index is -0.926. The molecule has 0 aromatic heterocycles. The van der Waals surface area contributed by atoms with E-state index >= 15 is 0 Å². The quantitative estimate of drug-likeness (QED) is 0.639. The van der Waals surface area contributed by atoms with Crippen molar-refractivity contribution in [3.05, 3.63) is 0 Å². The van der Waals surface area contributed by atoms with E-state index in [1.54, 1.807) is 25.6 Å². The molecule has 4 nitrogen and oxygen atoms in total. The Balaban J connectivity index is 3.75. The van der Waals surface area contributed by atoms with Crippen LogP contribution in [0.15, 0.2) is 0 Å². The van der Waals surface area contributed by atoms with Gasteiger partial charge in [0.2, 0.25) is 5.91 Å². The number of thioether (sulfide) groups is 1. The maximum absolute atomic E-state index is 11.5. The van der Waals surface area contributed by atoms with Crippen LogP contribution in [0.4, 0.5) is 0 Å². The zero-order valence-electron chi connectivity index (χ0n) is 10.2. The van der Waals surface area contributed by atoms with Crippen molar-refractivity contribution in [2.45, 2.75) is 26.7 Å². The van der Waals surface area contributed by atoms with Gasteiger partial charge in [0.25, 0.3) is 0 Å². The highest BCUT2D eigenvalue weighted by atomic mass is 32.2. The summed E-state index contributed by atoms with van der Waals surface area (Å²) < 4.78 is 0. The minimum Gasteiger partial charge on any atom is -0.481 e.